The number of thiol groups is 2. The molecule has 0 aromatic carbocycles. The molecular weight excluding hydrogens is 276 g/mol. The smallest absolute Gasteiger partial charge is 0.239 e. The average Bonchev–Trinajstić information content (AvgIpc) is 0.811. The second-order valence-electron chi connectivity index (χ2n) is 0.283. The van der Waals surface area contributed by atoms with E-state index in [1.807, 2.05) is 0 Å². The van der Waals surface area contributed by atoms with Crippen LogP contribution < -0.4 is 0 Å². The van der Waals surface area contributed by atoms with Crippen molar-refractivity contribution in [3.8, 4) is 0 Å². The van der Waals surface area contributed by atoms with Crippen LogP contribution in [0.2, 0.25) is 0 Å². The van der Waals surface area contributed by atoms with Crippen LogP contribution in [0, 0.1) is 0 Å². The number of carbonyl (C=O) groups excluding carboxylic acids is 1. The molecule has 30 valence electrons. The van der Waals surface area contributed by atoms with Crippen LogP contribution in [0.3, 0.4) is 0 Å². The van der Waals surface area contributed by atoms with Crippen molar-refractivity contribution in [3.05, 3.63) is 0 Å². The summed E-state index contributed by atoms with van der Waals surface area (Å²) in [6.45, 7) is 0. The Morgan fingerprint density at radius 1 is 1.40 bits per heavy atom. The maximum atomic E-state index is 9.17. The normalized spacial score (nSPS) is 5.20. The number of carbonyl (C=O) groups is 1. The molecule has 0 aromatic rings. The molecule has 0 N–H and O–H groups in total. The van der Waals surface area contributed by atoms with Crippen LogP contribution in [0.15, 0.2) is 0 Å². The van der Waals surface area contributed by atoms with E-state index in [0.717, 1.165) is 0 Å². The summed E-state index contributed by atoms with van der Waals surface area (Å²) >= 11 is 6.38. The summed E-state index contributed by atoms with van der Waals surface area (Å²) in [5, 5.41) is 0. The molecule has 0 bridgehead atoms. The Balaban J connectivity index is 0. The van der Waals surface area contributed by atoms with E-state index in [-0.39, 0.29) is 21.1 Å². The molecule has 0 heterocycles. The van der Waals surface area contributed by atoms with E-state index in [4.69, 9.17) is 0 Å². The van der Waals surface area contributed by atoms with Gasteiger partial charge in [-0.15, -0.1) is 0 Å². The molecule has 0 aromatic heterocycles. The summed E-state index contributed by atoms with van der Waals surface area (Å²) in [6.07, 6.45) is 0. The van der Waals surface area contributed by atoms with Gasteiger partial charge in [0.15, 0.2) is 0 Å². The first kappa shape index (κ1) is 9.41. The molecule has 0 atom stereocenters. The van der Waals surface area contributed by atoms with E-state index in [2.05, 4.69) is 25.3 Å². The predicted octanol–water partition coefficient (Wildman–Crippen LogP) is 0.963. The third kappa shape index (κ3) is 42.2. The molecule has 0 radical (unpaired) electrons. The molecule has 0 rings (SSSR count). The summed E-state index contributed by atoms with van der Waals surface area (Å²) in [4.78, 5) is 9.17. The first-order valence-corrected chi connectivity index (χ1v) is 1.55. The van der Waals surface area contributed by atoms with Gasteiger partial charge in [-0.2, -0.15) is 0 Å². The molecule has 0 saturated carbocycles. The number of hydrogen-bond donors (Lipinski definition) is 2. The molecule has 4 heteroatoms. The quantitative estimate of drug-likeness (QED) is 0.631. The maximum Gasteiger partial charge on any atom is 0.239 e. The fraction of sp³-hybridized carbons (Fsp3) is 0. The minimum absolute atomic E-state index is 0. The molecule has 0 fully saturated rings. The van der Waals surface area contributed by atoms with Crippen molar-refractivity contribution >= 4 is 29.7 Å². The largest absolute Gasteiger partial charge is 0.275 e. The topological polar surface area (TPSA) is 17.1 Å². The van der Waals surface area contributed by atoms with Crippen LogP contribution in [-0.4, -0.2) is 4.45 Å². The van der Waals surface area contributed by atoms with Crippen LogP contribution in [0.1, 0.15) is 0 Å². The number of rotatable bonds is 0. The van der Waals surface area contributed by atoms with Gasteiger partial charge in [-0.3, -0.25) is 4.79 Å². The SMILES string of the molecule is O=C(S)S.[W]. The second kappa shape index (κ2) is 5.06. The molecule has 0 unspecified atom stereocenters. The van der Waals surface area contributed by atoms with E-state index >= 15 is 0 Å². The van der Waals surface area contributed by atoms with Gasteiger partial charge in [-0.1, -0.05) is 25.3 Å². The summed E-state index contributed by atoms with van der Waals surface area (Å²) in [5.41, 5.74) is 0. The molecule has 0 amide bonds. The molecule has 0 aliphatic carbocycles. The van der Waals surface area contributed by atoms with Gasteiger partial charge in [-0.05, 0) is 0 Å². The molecule has 0 saturated heterocycles. The molecule has 5 heavy (non-hydrogen) atoms. The first-order chi connectivity index (χ1) is 1.73. The van der Waals surface area contributed by atoms with Crippen molar-refractivity contribution in [3.63, 3.8) is 0 Å². The zero-order valence-electron chi connectivity index (χ0n) is 2.21. The fourth-order valence-corrected chi connectivity index (χ4v) is 0. The molecule has 1 nitrogen and oxygen atoms in total. The van der Waals surface area contributed by atoms with Crippen molar-refractivity contribution < 1.29 is 25.9 Å². The van der Waals surface area contributed by atoms with Crippen LogP contribution in [0.25, 0.3) is 0 Å². The fourth-order valence-electron chi connectivity index (χ4n) is 0. The predicted molar refractivity (Wildman–Crippen MR) is 23.4 cm³/mol. The minimum atomic E-state index is -0.444. The van der Waals surface area contributed by atoms with Gasteiger partial charge in [0.25, 0.3) is 0 Å². The third-order valence-corrected chi connectivity index (χ3v) is 0. The number of hydrogen-bond acceptors (Lipinski definition) is 1. The Kier molecular flexibility index (Phi) is 9.52. The van der Waals surface area contributed by atoms with E-state index in [0.29, 0.717) is 0 Å². The summed E-state index contributed by atoms with van der Waals surface area (Å²) in [6, 6.07) is 0. The van der Waals surface area contributed by atoms with Gasteiger partial charge >= 0.3 is 0 Å². The Labute approximate surface area is 55.6 Å². The molecule has 0 aliphatic rings. The molecule has 0 spiro atoms. The Morgan fingerprint density at radius 3 is 1.40 bits per heavy atom. The van der Waals surface area contributed by atoms with Crippen molar-refractivity contribution in [2.75, 3.05) is 0 Å². The van der Waals surface area contributed by atoms with Gasteiger partial charge in [0.1, 0.15) is 0 Å². The van der Waals surface area contributed by atoms with Crippen molar-refractivity contribution in [1.82, 2.24) is 0 Å². The van der Waals surface area contributed by atoms with Gasteiger partial charge in [0.05, 0.1) is 0 Å². The van der Waals surface area contributed by atoms with E-state index in [9.17, 15) is 4.79 Å². The van der Waals surface area contributed by atoms with Crippen molar-refractivity contribution in [2.24, 2.45) is 0 Å². The first-order valence-electron chi connectivity index (χ1n) is 0.651. The summed E-state index contributed by atoms with van der Waals surface area (Å²) in [7, 11) is 0. The van der Waals surface area contributed by atoms with Crippen molar-refractivity contribution in [1.29, 1.82) is 0 Å². The summed E-state index contributed by atoms with van der Waals surface area (Å²) < 4.78 is -0.444. The van der Waals surface area contributed by atoms with Crippen LogP contribution in [0.5, 0.6) is 0 Å². The maximum absolute atomic E-state index is 9.17. The average molecular weight is 278 g/mol. The van der Waals surface area contributed by atoms with Gasteiger partial charge in [0.2, 0.25) is 4.45 Å². The molecular formula is CH2OS2W. The van der Waals surface area contributed by atoms with Crippen LogP contribution >= 0.6 is 25.3 Å². The van der Waals surface area contributed by atoms with Gasteiger partial charge < -0.3 is 0 Å². The zero-order chi connectivity index (χ0) is 3.58. The van der Waals surface area contributed by atoms with E-state index in [1.165, 1.54) is 0 Å². The van der Waals surface area contributed by atoms with Gasteiger partial charge in [0, 0.05) is 21.1 Å². The van der Waals surface area contributed by atoms with Crippen LogP contribution in [-0.2, 0) is 21.1 Å². The Bertz CT molecular complexity index is 32.6. The molecule has 0 aliphatic heterocycles. The monoisotopic (exact) mass is 278 g/mol. The van der Waals surface area contributed by atoms with E-state index in [1.54, 1.807) is 0 Å². The third-order valence-electron chi connectivity index (χ3n) is 0. The van der Waals surface area contributed by atoms with Crippen molar-refractivity contribution in [2.45, 2.75) is 0 Å². The van der Waals surface area contributed by atoms with E-state index < -0.39 is 4.45 Å². The minimum Gasteiger partial charge on any atom is -0.275 e. The van der Waals surface area contributed by atoms with Gasteiger partial charge in [-0.25, -0.2) is 0 Å². The standard InChI is InChI=1S/CH2OS2.W/c2-1(3)4;/h(H2,2,3,4);. The second-order valence-corrected chi connectivity index (χ2v) is 1.45. The summed E-state index contributed by atoms with van der Waals surface area (Å²) in [5.74, 6) is 0. The Hall–Kier alpha value is 1.06. The van der Waals surface area contributed by atoms with Crippen LogP contribution in [0.4, 0.5) is 4.79 Å². The zero-order valence-corrected chi connectivity index (χ0v) is 6.93. The Morgan fingerprint density at radius 2 is 1.40 bits per heavy atom.